The van der Waals surface area contributed by atoms with Crippen LogP contribution in [0.2, 0.25) is 10.0 Å². The summed E-state index contributed by atoms with van der Waals surface area (Å²) in [5, 5.41) is 24.1. The van der Waals surface area contributed by atoms with E-state index in [1.165, 1.54) is 44.6 Å². The van der Waals surface area contributed by atoms with Gasteiger partial charge in [0, 0.05) is 13.1 Å². The van der Waals surface area contributed by atoms with Crippen molar-refractivity contribution < 1.29 is 43.7 Å². The fraction of sp³-hybridized carbons (Fsp3) is 0.320. The molecule has 2 aromatic rings. The van der Waals surface area contributed by atoms with Gasteiger partial charge in [-0.05, 0) is 24.3 Å². The topological polar surface area (TPSA) is 175 Å². The fourth-order valence-corrected chi connectivity index (χ4v) is 4.60. The van der Waals surface area contributed by atoms with Crippen molar-refractivity contribution in [3.8, 4) is 11.5 Å². The van der Waals surface area contributed by atoms with Gasteiger partial charge < -0.3 is 40.1 Å². The number of hydrogen-bond donors (Lipinski definition) is 4. The number of carbonyl (C=O) groups excluding carboxylic acids is 3. The van der Waals surface area contributed by atoms with Crippen molar-refractivity contribution >= 4 is 53.0 Å². The summed E-state index contributed by atoms with van der Waals surface area (Å²) in [5.74, 6) is -4.14. The molecule has 2 aromatic carbocycles. The minimum Gasteiger partial charge on any atom is -0.496 e. The standard InChI is InChI=1S/C25H26Cl2N4O9/c1-39-17-7-4-8-18(40-2)20(17)22(33)29-16(24(36)37)12-31-10-9-30(25(31)38)11-15(23(34)35)28-21(32)19-13(26)5-3-6-14(19)27/h3-8,15-16H,9-12H2,1-2H3,(H,28,32)(H,29,33)(H,34,35)(H,36,37). The Kier molecular flexibility index (Phi) is 10.0. The first kappa shape index (κ1) is 30.3. The van der Waals surface area contributed by atoms with Gasteiger partial charge in [-0.15, -0.1) is 0 Å². The summed E-state index contributed by atoms with van der Waals surface area (Å²) < 4.78 is 10.4. The minimum atomic E-state index is -1.52. The van der Waals surface area contributed by atoms with E-state index in [0.717, 1.165) is 9.80 Å². The first-order chi connectivity index (χ1) is 19.0. The van der Waals surface area contributed by atoms with Gasteiger partial charge in [0.15, 0.2) is 0 Å². The first-order valence-electron chi connectivity index (χ1n) is 11.7. The predicted molar refractivity (Wildman–Crippen MR) is 142 cm³/mol. The van der Waals surface area contributed by atoms with Gasteiger partial charge in [-0.3, -0.25) is 9.59 Å². The Labute approximate surface area is 238 Å². The van der Waals surface area contributed by atoms with E-state index in [-0.39, 0.29) is 45.8 Å². The number of hydrogen-bond acceptors (Lipinski definition) is 7. The van der Waals surface area contributed by atoms with Crippen molar-refractivity contribution in [1.82, 2.24) is 20.4 Å². The number of aliphatic carboxylic acids is 2. The van der Waals surface area contributed by atoms with Crippen LogP contribution in [-0.2, 0) is 9.59 Å². The molecule has 1 heterocycles. The average molecular weight is 597 g/mol. The molecule has 1 aliphatic rings. The van der Waals surface area contributed by atoms with Crippen LogP contribution in [0, 0.1) is 0 Å². The van der Waals surface area contributed by atoms with Gasteiger partial charge in [0.1, 0.15) is 29.1 Å². The minimum absolute atomic E-state index is 0.0186. The first-order valence-corrected chi connectivity index (χ1v) is 12.5. The lowest BCUT2D eigenvalue weighted by molar-refractivity contribution is -0.140. The molecular weight excluding hydrogens is 571 g/mol. The molecule has 1 fully saturated rings. The van der Waals surface area contributed by atoms with Gasteiger partial charge >= 0.3 is 18.0 Å². The van der Waals surface area contributed by atoms with Crippen LogP contribution in [0.25, 0.3) is 0 Å². The fourth-order valence-electron chi connectivity index (χ4n) is 4.03. The molecule has 0 bridgehead atoms. The molecular formula is C25H26Cl2N4O9. The largest absolute Gasteiger partial charge is 0.496 e. The van der Waals surface area contributed by atoms with Crippen LogP contribution in [0.5, 0.6) is 11.5 Å². The Morgan fingerprint density at radius 1 is 0.800 bits per heavy atom. The Morgan fingerprint density at radius 2 is 1.20 bits per heavy atom. The van der Waals surface area contributed by atoms with Crippen molar-refractivity contribution in [2.24, 2.45) is 0 Å². The molecule has 13 nitrogen and oxygen atoms in total. The number of amides is 4. The Morgan fingerprint density at radius 3 is 1.60 bits per heavy atom. The molecule has 1 saturated heterocycles. The van der Waals surface area contributed by atoms with E-state index in [1.54, 1.807) is 6.07 Å². The van der Waals surface area contributed by atoms with Crippen LogP contribution >= 0.6 is 23.2 Å². The average Bonchev–Trinajstić information content (AvgIpc) is 3.25. The molecule has 4 N–H and O–H groups in total. The van der Waals surface area contributed by atoms with Gasteiger partial charge in [0.2, 0.25) is 0 Å². The lowest BCUT2D eigenvalue weighted by Crippen LogP contribution is -2.51. The molecule has 0 saturated carbocycles. The molecule has 40 heavy (non-hydrogen) atoms. The maximum Gasteiger partial charge on any atom is 0.328 e. The van der Waals surface area contributed by atoms with Crippen LogP contribution in [0.15, 0.2) is 36.4 Å². The van der Waals surface area contributed by atoms with Gasteiger partial charge in [0.05, 0.1) is 42.9 Å². The number of nitrogens with one attached hydrogen (secondary N) is 2. The highest BCUT2D eigenvalue weighted by Gasteiger charge is 2.36. The molecule has 0 aliphatic carbocycles. The van der Waals surface area contributed by atoms with Crippen molar-refractivity contribution in [2.75, 3.05) is 40.4 Å². The third-order valence-corrected chi connectivity index (χ3v) is 6.67. The molecule has 0 spiro atoms. The van der Waals surface area contributed by atoms with Gasteiger partial charge in [0.25, 0.3) is 11.8 Å². The summed E-state index contributed by atoms with van der Waals surface area (Å²) >= 11 is 12.1. The van der Waals surface area contributed by atoms with E-state index in [4.69, 9.17) is 32.7 Å². The quantitative estimate of drug-likeness (QED) is 0.285. The number of carboxylic acid groups (broad SMARTS) is 2. The number of nitrogens with zero attached hydrogens (tertiary/aromatic N) is 2. The zero-order chi connectivity index (χ0) is 29.6. The third-order valence-electron chi connectivity index (χ3n) is 6.04. The second-order valence-corrected chi connectivity index (χ2v) is 9.35. The van der Waals surface area contributed by atoms with Crippen molar-refractivity contribution in [3.05, 3.63) is 57.6 Å². The highest BCUT2D eigenvalue weighted by Crippen LogP contribution is 2.28. The maximum atomic E-state index is 13.0. The van der Waals surface area contributed by atoms with Crippen LogP contribution in [-0.4, -0.2) is 102 Å². The van der Waals surface area contributed by atoms with Gasteiger partial charge in [-0.1, -0.05) is 35.3 Å². The summed E-state index contributed by atoms with van der Waals surface area (Å²) in [4.78, 5) is 64.7. The number of benzene rings is 2. The van der Waals surface area contributed by atoms with Crippen molar-refractivity contribution in [3.63, 3.8) is 0 Å². The molecule has 2 atom stereocenters. The highest BCUT2D eigenvalue weighted by molar-refractivity contribution is 6.39. The van der Waals surface area contributed by atoms with Crippen LogP contribution < -0.4 is 20.1 Å². The van der Waals surface area contributed by atoms with Gasteiger partial charge in [-0.25, -0.2) is 14.4 Å². The molecule has 15 heteroatoms. The zero-order valence-corrected chi connectivity index (χ0v) is 22.9. The van der Waals surface area contributed by atoms with E-state index >= 15 is 0 Å². The SMILES string of the molecule is COc1cccc(OC)c1C(=O)NC(CN1CCN(CC(NC(=O)c2c(Cl)cccc2Cl)C(=O)O)C1=O)C(=O)O. The highest BCUT2D eigenvalue weighted by atomic mass is 35.5. The number of methoxy groups -OCH3 is 2. The number of rotatable bonds is 12. The molecule has 0 aromatic heterocycles. The van der Waals surface area contributed by atoms with E-state index in [9.17, 15) is 34.2 Å². The molecule has 3 rings (SSSR count). The van der Waals surface area contributed by atoms with E-state index in [0.29, 0.717) is 0 Å². The second kappa shape index (κ2) is 13.2. The van der Waals surface area contributed by atoms with Crippen LogP contribution in [0.3, 0.4) is 0 Å². The third kappa shape index (κ3) is 6.85. The number of carbonyl (C=O) groups is 5. The molecule has 214 valence electrons. The monoisotopic (exact) mass is 596 g/mol. The number of carboxylic acids is 2. The normalized spacial score (nSPS) is 14.3. The Balaban J connectivity index is 1.69. The molecule has 4 amide bonds. The van der Waals surface area contributed by atoms with E-state index in [2.05, 4.69) is 10.6 Å². The number of urea groups is 1. The van der Waals surface area contributed by atoms with Crippen LogP contribution in [0.1, 0.15) is 20.7 Å². The van der Waals surface area contributed by atoms with E-state index < -0.39 is 55.0 Å². The molecule has 2 unspecified atom stereocenters. The van der Waals surface area contributed by atoms with Crippen molar-refractivity contribution in [2.45, 2.75) is 12.1 Å². The number of halogens is 2. The van der Waals surface area contributed by atoms with Crippen molar-refractivity contribution in [1.29, 1.82) is 0 Å². The van der Waals surface area contributed by atoms with Crippen LogP contribution in [0.4, 0.5) is 4.79 Å². The summed E-state index contributed by atoms with van der Waals surface area (Å²) in [6, 6.07) is 5.26. The van der Waals surface area contributed by atoms with Gasteiger partial charge in [-0.2, -0.15) is 0 Å². The second-order valence-electron chi connectivity index (χ2n) is 8.54. The summed E-state index contributed by atoms with van der Waals surface area (Å²) in [6.07, 6.45) is 0. The Hall–Kier alpha value is -4.23. The summed E-state index contributed by atoms with van der Waals surface area (Å²) in [6.45, 7) is -0.729. The van der Waals surface area contributed by atoms with E-state index in [1.807, 2.05) is 0 Å². The summed E-state index contributed by atoms with van der Waals surface area (Å²) in [7, 11) is 2.68. The zero-order valence-electron chi connectivity index (χ0n) is 21.3. The molecule has 0 radical (unpaired) electrons. The molecule has 1 aliphatic heterocycles. The number of ether oxygens (including phenoxy) is 2. The maximum absolute atomic E-state index is 13.0. The lowest BCUT2D eigenvalue weighted by atomic mass is 10.1. The summed E-state index contributed by atoms with van der Waals surface area (Å²) in [5.41, 5.74) is -0.134. The smallest absolute Gasteiger partial charge is 0.328 e. The lowest BCUT2D eigenvalue weighted by Gasteiger charge is -2.25. The predicted octanol–water partition coefficient (Wildman–Crippen LogP) is 1.81. The Bertz CT molecular complexity index is 1280.